The Morgan fingerprint density at radius 2 is 2.26 bits per heavy atom. The maximum absolute atomic E-state index is 11.4. The van der Waals surface area contributed by atoms with E-state index in [0.717, 1.165) is 27.1 Å². The fourth-order valence-electron chi connectivity index (χ4n) is 1.65. The van der Waals surface area contributed by atoms with Gasteiger partial charge in [0.05, 0.1) is 7.11 Å². The van der Waals surface area contributed by atoms with Crippen LogP contribution in [-0.4, -0.2) is 17.9 Å². The van der Waals surface area contributed by atoms with Crippen LogP contribution in [0.2, 0.25) is 0 Å². The molecule has 0 N–H and O–H groups in total. The summed E-state index contributed by atoms with van der Waals surface area (Å²) in [5.74, 6) is 1.63. The molecular formula is C14H15NO2S2. The molecule has 3 nitrogen and oxygen atoms in total. The van der Waals surface area contributed by atoms with E-state index in [1.165, 1.54) is 0 Å². The van der Waals surface area contributed by atoms with E-state index < -0.39 is 0 Å². The molecule has 0 aliphatic carbocycles. The molecule has 0 radical (unpaired) electrons. The number of thiazole rings is 1. The Kier molecular flexibility index (Phi) is 4.61. The Morgan fingerprint density at radius 1 is 1.47 bits per heavy atom. The summed E-state index contributed by atoms with van der Waals surface area (Å²) >= 11 is 3.30. The molecule has 0 saturated carbocycles. The van der Waals surface area contributed by atoms with Crippen molar-refractivity contribution in [3.8, 4) is 5.75 Å². The van der Waals surface area contributed by atoms with Crippen molar-refractivity contribution in [2.45, 2.75) is 23.9 Å². The lowest BCUT2D eigenvalue weighted by atomic mass is 10.1. The third kappa shape index (κ3) is 3.58. The molecule has 19 heavy (non-hydrogen) atoms. The van der Waals surface area contributed by atoms with Gasteiger partial charge in [-0.3, -0.25) is 4.79 Å². The topological polar surface area (TPSA) is 39.2 Å². The Labute approximate surface area is 121 Å². The number of methoxy groups -OCH3 is 1. The minimum Gasteiger partial charge on any atom is -0.496 e. The highest BCUT2D eigenvalue weighted by atomic mass is 32.2. The normalized spacial score (nSPS) is 10.5. The number of thioether (sulfide) groups is 1. The standard InChI is InChI=1S/C14H15NO2S2/c1-9-7-18-14(15-9)19-8-12-6-11(10(2)16)4-5-13(12)17-3/h4-7H,8H2,1-3H3. The highest BCUT2D eigenvalue weighted by Gasteiger charge is 2.09. The number of aryl methyl sites for hydroxylation is 1. The zero-order valence-electron chi connectivity index (χ0n) is 11.1. The minimum absolute atomic E-state index is 0.0685. The lowest BCUT2D eigenvalue weighted by molar-refractivity contribution is 0.101. The van der Waals surface area contributed by atoms with Crippen LogP contribution in [0.15, 0.2) is 27.9 Å². The number of aromatic nitrogens is 1. The summed E-state index contributed by atoms with van der Waals surface area (Å²) in [5.41, 5.74) is 2.77. The van der Waals surface area contributed by atoms with Crippen LogP contribution < -0.4 is 4.74 Å². The molecule has 0 aliphatic rings. The van der Waals surface area contributed by atoms with Gasteiger partial charge < -0.3 is 4.74 Å². The van der Waals surface area contributed by atoms with Crippen LogP contribution in [0.4, 0.5) is 0 Å². The number of hydrogen-bond donors (Lipinski definition) is 0. The smallest absolute Gasteiger partial charge is 0.159 e. The molecule has 1 aromatic carbocycles. The fraction of sp³-hybridized carbons (Fsp3) is 0.286. The van der Waals surface area contributed by atoms with Gasteiger partial charge in [0.25, 0.3) is 0 Å². The van der Waals surface area contributed by atoms with Gasteiger partial charge in [-0.15, -0.1) is 11.3 Å². The number of rotatable bonds is 5. The molecule has 0 fully saturated rings. The van der Waals surface area contributed by atoms with Gasteiger partial charge in [0.1, 0.15) is 10.1 Å². The summed E-state index contributed by atoms with van der Waals surface area (Å²) in [6.45, 7) is 3.56. The van der Waals surface area contributed by atoms with Gasteiger partial charge in [0.2, 0.25) is 0 Å². The number of ketones is 1. The summed E-state index contributed by atoms with van der Waals surface area (Å²) in [4.78, 5) is 15.8. The number of carbonyl (C=O) groups excluding carboxylic acids is 1. The quantitative estimate of drug-likeness (QED) is 0.618. The monoisotopic (exact) mass is 293 g/mol. The van der Waals surface area contributed by atoms with Gasteiger partial charge in [-0.25, -0.2) is 4.98 Å². The first-order valence-corrected chi connectivity index (χ1v) is 7.69. The van der Waals surface area contributed by atoms with E-state index in [1.54, 1.807) is 43.2 Å². The van der Waals surface area contributed by atoms with Gasteiger partial charge in [-0.1, -0.05) is 11.8 Å². The van der Waals surface area contributed by atoms with Crippen molar-refractivity contribution in [2.24, 2.45) is 0 Å². The molecule has 100 valence electrons. The first-order valence-electron chi connectivity index (χ1n) is 5.83. The van der Waals surface area contributed by atoms with Crippen molar-refractivity contribution in [2.75, 3.05) is 7.11 Å². The Morgan fingerprint density at radius 3 is 2.84 bits per heavy atom. The fourth-order valence-corrected chi connectivity index (χ4v) is 3.48. The average Bonchev–Trinajstić information content (AvgIpc) is 2.81. The van der Waals surface area contributed by atoms with Crippen molar-refractivity contribution in [3.63, 3.8) is 0 Å². The molecule has 0 saturated heterocycles. The third-order valence-corrected chi connectivity index (χ3v) is 4.82. The molecule has 0 spiro atoms. The molecule has 0 aliphatic heterocycles. The van der Waals surface area contributed by atoms with E-state index in [-0.39, 0.29) is 5.78 Å². The van der Waals surface area contributed by atoms with E-state index in [0.29, 0.717) is 5.56 Å². The summed E-state index contributed by atoms with van der Waals surface area (Å²) < 4.78 is 6.37. The zero-order valence-corrected chi connectivity index (χ0v) is 12.7. The van der Waals surface area contributed by atoms with Gasteiger partial charge in [0, 0.05) is 28.0 Å². The maximum atomic E-state index is 11.4. The Bertz CT molecular complexity index is 593. The van der Waals surface area contributed by atoms with Crippen molar-refractivity contribution in [1.29, 1.82) is 0 Å². The molecule has 0 amide bonds. The second-order valence-electron chi connectivity index (χ2n) is 4.13. The average molecular weight is 293 g/mol. The van der Waals surface area contributed by atoms with Crippen LogP contribution in [0.25, 0.3) is 0 Å². The summed E-state index contributed by atoms with van der Waals surface area (Å²) in [7, 11) is 1.64. The van der Waals surface area contributed by atoms with Gasteiger partial charge in [0.15, 0.2) is 5.78 Å². The molecule has 5 heteroatoms. The predicted octanol–water partition coefficient (Wildman–Crippen LogP) is 3.96. The molecule has 2 rings (SSSR count). The van der Waals surface area contributed by atoms with E-state index in [9.17, 15) is 4.79 Å². The van der Waals surface area contributed by atoms with E-state index in [1.807, 2.05) is 24.4 Å². The highest BCUT2D eigenvalue weighted by Crippen LogP contribution is 2.30. The van der Waals surface area contributed by atoms with Crippen molar-refractivity contribution in [3.05, 3.63) is 40.4 Å². The Hall–Kier alpha value is -1.33. The first-order chi connectivity index (χ1) is 9.10. The molecule has 0 atom stereocenters. The van der Waals surface area contributed by atoms with Crippen LogP contribution in [0.5, 0.6) is 5.75 Å². The zero-order chi connectivity index (χ0) is 13.8. The number of ether oxygens (including phenoxy) is 1. The second-order valence-corrected chi connectivity index (χ2v) is 6.21. The highest BCUT2D eigenvalue weighted by molar-refractivity contribution is 8.00. The summed E-state index contributed by atoms with van der Waals surface area (Å²) in [5, 5.41) is 2.03. The number of hydrogen-bond acceptors (Lipinski definition) is 5. The molecule has 0 unspecified atom stereocenters. The van der Waals surface area contributed by atoms with E-state index in [4.69, 9.17) is 4.74 Å². The van der Waals surface area contributed by atoms with E-state index in [2.05, 4.69) is 4.98 Å². The maximum Gasteiger partial charge on any atom is 0.159 e. The first kappa shape index (κ1) is 14.1. The van der Waals surface area contributed by atoms with Crippen molar-refractivity contribution >= 4 is 28.9 Å². The van der Waals surface area contributed by atoms with Gasteiger partial charge in [-0.05, 0) is 32.0 Å². The SMILES string of the molecule is COc1ccc(C(C)=O)cc1CSc1nc(C)cs1. The number of Topliss-reactive ketones (excluding diaryl/α,β-unsaturated/α-hetero) is 1. The number of benzene rings is 1. The van der Waals surface area contributed by atoms with Gasteiger partial charge in [-0.2, -0.15) is 0 Å². The van der Waals surface area contributed by atoms with Crippen LogP contribution in [0, 0.1) is 6.92 Å². The van der Waals surface area contributed by atoms with Crippen molar-refractivity contribution in [1.82, 2.24) is 4.98 Å². The molecule has 2 aromatic rings. The van der Waals surface area contributed by atoms with Crippen LogP contribution in [0.3, 0.4) is 0 Å². The number of nitrogens with zero attached hydrogens (tertiary/aromatic N) is 1. The predicted molar refractivity (Wildman–Crippen MR) is 79.4 cm³/mol. The van der Waals surface area contributed by atoms with Crippen molar-refractivity contribution < 1.29 is 9.53 Å². The minimum atomic E-state index is 0.0685. The van der Waals surface area contributed by atoms with Gasteiger partial charge >= 0.3 is 0 Å². The number of carbonyl (C=O) groups is 1. The van der Waals surface area contributed by atoms with Crippen LogP contribution in [0.1, 0.15) is 28.5 Å². The third-order valence-electron chi connectivity index (χ3n) is 2.64. The van der Waals surface area contributed by atoms with Crippen LogP contribution >= 0.6 is 23.1 Å². The summed E-state index contributed by atoms with van der Waals surface area (Å²) in [6, 6.07) is 5.54. The molecule has 1 aromatic heterocycles. The molecular weight excluding hydrogens is 278 g/mol. The second kappa shape index (κ2) is 6.21. The lowest BCUT2D eigenvalue weighted by Gasteiger charge is -2.08. The molecule has 1 heterocycles. The largest absolute Gasteiger partial charge is 0.496 e. The van der Waals surface area contributed by atoms with Crippen LogP contribution in [-0.2, 0) is 5.75 Å². The lowest BCUT2D eigenvalue weighted by Crippen LogP contribution is -1.96. The molecule has 0 bridgehead atoms. The summed E-state index contributed by atoms with van der Waals surface area (Å²) in [6.07, 6.45) is 0. The Balaban J connectivity index is 2.17. The van der Waals surface area contributed by atoms with E-state index >= 15 is 0 Å².